The van der Waals surface area contributed by atoms with Gasteiger partial charge in [-0.1, -0.05) is 0 Å². The summed E-state index contributed by atoms with van der Waals surface area (Å²) in [7, 11) is 1.24. The molecule has 0 aliphatic carbocycles. The fourth-order valence-electron chi connectivity index (χ4n) is 1.30. The van der Waals surface area contributed by atoms with E-state index >= 15 is 0 Å². The van der Waals surface area contributed by atoms with Gasteiger partial charge in [0.25, 0.3) is 5.91 Å². The third-order valence-electron chi connectivity index (χ3n) is 2.29. The van der Waals surface area contributed by atoms with Crippen LogP contribution in [-0.4, -0.2) is 36.1 Å². The van der Waals surface area contributed by atoms with E-state index in [1.54, 1.807) is 0 Å². The first-order chi connectivity index (χ1) is 7.86. The number of rotatable bonds is 3. The van der Waals surface area contributed by atoms with Gasteiger partial charge in [-0.2, -0.15) is 5.10 Å². The van der Waals surface area contributed by atoms with E-state index < -0.39 is 17.4 Å². The van der Waals surface area contributed by atoms with Crippen LogP contribution in [0.15, 0.2) is 5.10 Å². The van der Waals surface area contributed by atoms with Gasteiger partial charge in [0.1, 0.15) is 11.3 Å². The third-order valence-corrected chi connectivity index (χ3v) is 2.29. The summed E-state index contributed by atoms with van der Waals surface area (Å²) in [5, 5.41) is 6.13. The number of amides is 2. The summed E-state index contributed by atoms with van der Waals surface area (Å²) in [4.78, 5) is 33.9. The van der Waals surface area contributed by atoms with E-state index in [1.807, 2.05) is 0 Å². The highest BCUT2D eigenvalue weighted by molar-refractivity contribution is 6.40. The smallest absolute Gasteiger partial charge is 0.330 e. The highest BCUT2D eigenvalue weighted by Crippen LogP contribution is 2.06. The highest BCUT2D eigenvalue weighted by Gasteiger charge is 2.32. The maximum atomic E-state index is 11.7. The largest absolute Gasteiger partial charge is 0.467 e. The van der Waals surface area contributed by atoms with Crippen molar-refractivity contribution in [1.29, 1.82) is 0 Å². The van der Waals surface area contributed by atoms with Crippen molar-refractivity contribution in [2.75, 3.05) is 7.11 Å². The first kappa shape index (κ1) is 13.1. The molecule has 0 aromatic rings. The molecule has 17 heavy (non-hydrogen) atoms. The molecule has 0 spiro atoms. The Kier molecular flexibility index (Phi) is 3.82. The summed E-state index contributed by atoms with van der Waals surface area (Å²) >= 11 is 0. The van der Waals surface area contributed by atoms with Crippen LogP contribution in [0.5, 0.6) is 0 Å². The van der Waals surface area contributed by atoms with Crippen molar-refractivity contribution >= 4 is 23.5 Å². The zero-order valence-electron chi connectivity index (χ0n) is 9.99. The van der Waals surface area contributed by atoms with Gasteiger partial charge >= 0.3 is 5.97 Å². The van der Waals surface area contributed by atoms with Gasteiger partial charge in [-0.25, -0.2) is 10.2 Å². The van der Waals surface area contributed by atoms with Gasteiger partial charge in [-0.3, -0.25) is 9.59 Å². The Bertz CT molecular complexity index is 387. The molecule has 0 atom stereocenters. The molecular weight excluding hydrogens is 226 g/mol. The SMILES string of the molecule is COC(=O)C(C)(C)NC(=O)C1=NNC(=O)CC1. The molecule has 94 valence electrons. The summed E-state index contributed by atoms with van der Waals surface area (Å²) < 4.78 is 4.56. The predicted molar refractivity (Wildman–Crippen MR) is 59.0 cm³/mol. The molecule has 0 aromatic heterocycles. The van der Waals surface area contributed by atoms with E-state index in [0.717, 1.165) is 0 Å². The van der Waals surface area contributed by atoms with Gasteiger partial charge < -0.3 is 10.1 Å². The normalized spacial score (nSPS) is 15.7. The summed E-state index contributed by atoms with van der Waals surface area (Å²) in [5.41, 5.74) is 1.28. The lowest BCUT2D eigenvalue weighted by Gasteiger charge is -2.23. The summed E-state index contributed by atoms with van der Waals surface area (Å²) in [6.07, 6.45) is 0.472. The lowest BCUT2D eigenvalue weighted by atomic mass is 10.0. The second kappa shape index (κ2) is 4.94. The van der Waals surface area contributed by atoms with Crippen LogP contribution in [-0.2, 0) is 19.1 Å². The number of nitrogens with zero attached hydrogens (tertiary/aromatic N) is 1. The van der Waals surface area contributed by atoms with Crippen LogP contribution in [0.2, 0.25) is 0 Å². The van der Waals surface area contributed by atoms with Crippen LogP contribution in [0.1, 0.15) is 26.7 Å². The molecule has 1 heterocycles. The van der Waals surface area contributed by atoms with Crippen molar-refractivity contribution in [2.24, 2.45) is 5.10 Å². The molecule has 0 radical (unpaired) electrons. The van der Waals surface area contributed by atoms with Crippen LogP contribution < -0.4 is 10.7 Å². The molecule has 0 fully saturated rings. The predicted octanol–water partition coefficient (Wildman–Crippen LogP) is -0.680. The number of carbonyl (C=O) groups is 3. The minimum atomic E-state index is -1.13. The van der Waals surface area contributed by atoms with Crippen molar-refractivity contribution in [3.8, 4) is 0 Å². The first-order valence-corrected chi connectivity index (χ1v) is 5.13. The van der Waals surface area contributed by atoms with Crippen molar-refractivity contribution in [3.05, 3.63) is 0 Å². The third kappa shape index (κ3) is 3.27. The number of methoxy groups -OCH3 is 1. The second-order valence-corrected chi connectivity index (χ2v) is 4.16. The summed E-state index contributed by atoms with van der Waals surface area (Å²) in [5.74, 6) is -1.26. The summed E-state index contributed by atoms with van der Waals surface area (Å²) in [6.45, 7) is 3.05. The van der Waals surface area contributed by atoms with Crippen molar-refractivity contribution in [3.63, 3.8) is 0 Å². The minimum absolute atomic E-state index is 0.196. The van der Waals surface area contributed by atoms with E-state index in [9.17, 15) is 14.4 Å². The minimum Gasteiger partial charge on any atom is -0.467 e. The average molecular weight is 241 g/mol. The number of hydrogen-bond donors (Lipinski definition) is 2. The molecule has 2 N–H and O–H groups in total. The van der Waals surface area contributed by atoms with Crippen molar-refractivity contribution in [2.45, 2.75) is 32.2 Å². The van der Waals surface area contributed by atoms with E-state index in [-0.39, 0.29) is 24.5 Å². The molecule has 7 heteroatoms. The standard InChI is InChI=1S/C10H15N3O4/c1-10(2,9(16)17-3)11-8(15)6-4-5-7(14)13-12-6/h4-5H2,1-3H3,(H,11,15)(H,13,14). The van der Waals surface area contributed by atoms with E-state index in [1.165, 1.54) is 21.0 Å². The van der Waals surface area contributed by atoms with Crippen molar-refractivity contribution < 1.29 is 19.1 Å². The molecule has 1 aliphatic heterocycles. The lowest BCUT2D eigenvalue weighted by molar-refractivity contribution is -0.148. The van der Waals surface area contributed by atoms with Gasteiger partial charge in [0.05, 0.1) is 7.11 Å². The Morgan fingerprint density at radius 2 is 2.06 bits per heavy atom. The molecule has 0 saturated heterocycles. The lowest BCUT2D eigenvalue weighted by Crippen LogP contribution is -2.53. The molecule has 0 bridgehead atoms. The average Bonchev–Trinajstić information content (AvgIpc) is 2.28. The zero-order chi connectivity index (χ0) is 13.1. The van der Waals surface area contributed by atoms with E-state index in [4.69, 9.17) is 0 Å². The Morgan fingerprint density at radius 3 is 2.53 bits per heavy atom. The van der Waals surface area contributed by atoms with E-state index in [0.29, 0.717) is 0 Å². The maximum Gasteiger partial charge on any atom is 0.330 e. The van der Waals surface area contributed by atoms with Crippen molar-refractivity contribution in [1.82, 2.24) is 10.7 Å². The molecule has 7 nitrogen and oxygen atoms in total. The monoisotopic (exact) mass is 241 g/mol. The maximum absolute atomic E-state index is 11.7. The Balaban J connectivity index is 2.66. The van der Waals surface area contributed by atoms with Crippen LogP contribution in [0.25, 0.3) is 0 Å². The number of carbonyl (C=O) groups excluding carboxylic acids is 3. The number of esters is 1. The van der Waals surface area contributed by atoms with Gasteiger partial charge in [-0.05, 0) is 13.8 Å². The Morgan fingerprint density at radius 1 is 1.41 bits per heavy atom. The number of ether oxygens (including phenoxy) is 1. The van der Waals surface area contributed by atoms with Crippen LogP contribution >= 0.6 is 0 Å². The molecular formula is C10H15N3O4. The molecule has 1 aliphatic rings. The zero-order valence-corrected chi connectivity index (χ0v) is 9.99. The highest BCUT2D eigenvalue weighted by atomic mass is 16.5. The van der Waals surface area contributed by atoms with Gasteiger partial charge in [0.15, 0.2) is 0 Å². The quantitative estimate of drug-likeness (QED) is 0.640. The summed E-state index contributed by atoms with van der Waals surface area (Å²) in [6, 6.07) is 0. The number of nitrogens with one attached hydrogen (secondary N) is 2. The van der Waals surface area contributed by atoms with Crippen LogP contribution in [0.3, 0.4) is 0 Å². The van der Waals surface area contributed by atoms with Crippen LogP contribution in [0.4, 0.5) is 0 Å². The fourth-order valence-corrected chi connectivity index (χ4v) is 1.30. The van der Waals surface area contributed by atoms with Gasteiger partial charge in [0.2, 0.25) is 5.91 Å². The van der Waals surface area contributed by atoms with E-state index in [2.05, 4.69) is 20.6 Å². The fraction of sp³-hybridized carbons (Fsp3) is 0.600. The molecule has 2 amide bonds. The first-order valence-electron chi connectivity index (χ1n) is 5.13. The Hall–Kier alpha value is -1.92. The van der Waals surface area contributed by atoms with Gasteiger partial charge in [0, 0.05) is 12.8 Å². The van der Waals surface area contributed by atoms with Gasteiger partial charge in [-0.15, -0.1) is 0 Å². The molecule has 0 unspecified atom stereocenters. The molecule has 1 rings (SSSR count). The topological polar surface area (TPSA) is 96.9 Å². The number of hydrazone groups is 1. The molecule has 0 saturated carbocycles. The molecule has 0 aromatic carbocycles. The Labute approximate surface area is 98.6 Å². The second-order valence-electron chi connectivity index (χ2n) is 4.16. The van der Waals surface area contributed by atoms with Crippen LogP contribution in [0, 0.1) is 0 Å². The number of hydrogen-bond acceptors (Lipinski definition) is 5.